The molecule has 0 aliphatic heterocycles. The van der Waals surface area contributed by atoms with Crippen LogP contribution in [0.4, 0.5) is 0 Å². The van der Waals surface area contributed by atoms with E-state index in [2.05, 4.69) is 13.8 Å². The summed E-state index contributed by atoms with van der Waals surface area (Å²) in [5.41, 5.74) is 0.726. The minimum atomic E-state index is -0.383. The van der Waals surface area contributed by atoms with Gasteiger partial charge in [0, 0.05) is 35.0 Å². The number of ether oxygens (including phenoxy) is 2. The number of allylic oxidation sites excluding steroid dienone is 3. The number of carbonyl (C=O) groups is 3. The van der Waals surface area contributed by atoms with Crippen LogP contribution in [-0.4, -0.2) is 31.3 Å². The molecular weight excluding hydrogens is 320 g/mol. The lowest BCUT2D eigenvalue weighted by molar-refractivity contribution is -0.149. The van der Waals surface area contributed by atoms with Gasteiger partial charge >= 0.3 is 5.97 Å². The predicted octanol–water partition coefficient (Wildman–Crippen LogP) is 3.13. The average Bonchev–Trinajstić information content (AvgIpc) is 2.55. The second-order valence-electron chi connectivity index (χ2n) is 8.06. The Bertz CT molecular complexity index is 701. The third-order valence-electron chi connectivity index (χ3n) is 6.45. The van der Waals surface area contributed by atoms with Crippen LogP contribution in [0.1, 0.15) is 52.9 Å². The SMILES string of the molecule is COC1=CC(=O)C2=C(C1=O)[C@]1(C)CCC[C@](C)(COC(C)=O)[C@H]1CC2. The lowest BCUT2D eigenvalue weighted by Gasteiger charge is -2.55. The van der Waals surface area contributed by atoms with Crippen LogP contribution in [0.5, 0.6) is 0 Å². The van der Waals surface area contributed by atoms with Crippen molar-refractivity contribution in [3.63, 3.8) is 0 Å². The van der Waals surface area contributed by atoms with Gasteiger partial charge in [0.2, 0.25) is 5.78 Å². The van der Waals surface area contributed by atoms with E-state index < -0.39 is 0 Å². The van der Waals surface area contributed by atoms with E-state index in [0.717, 1.165) is 25.7 Å². The summed E-state index contributed by atoms with van der Waals surface area (Å²) >= 11 is 0. The maximum absolute atomic E-state index is 13.0. The Labute approximate surface area is 148 Å². The Morgan fingerprint density at radius 1 is 1.28 bits per heavy atom. The molecule has 136 valence electrons. The van der Waals surface area contributed by atoms with E-state index in [1.165, 1.54) is 20.1 Å². The molecule has 0 unspecified atom stereocenters. The van der Waals surface area contributed by atoms with Crippen molar-refractivity contribution in [2.24, 2.45) is 16.7 Å². The first-order valence-corrected chi connectivity index (χ1v) is 8.94. The van der Waals surface area contributed by atoms with Crippen molar-refractivity contribution in [2.45, 2.75) is 52.9 Å². The van der Waals surface area contributed by atoms with Crippen LogP contribution >= 0.6 is 0 Å². The van der Waals surface area contributed by atoms with Gasteiger partial charge in [-0.3, -0.25) is 14.4 Å². The fourth-order valence-corrected chi connectivity index (χ4v) is 5.33. The fraction of sp³-hybridized carbons (Fsp3) is 0.650. The number of fused-ring (bicyclic) bond motifs is 2. The number of Topliss-reactive ketones (excluding diaryl/α,β-unsaturated/α-hetero) is 1. The highest BCUT2D eigenvalue weighted by Crippen LogP contribution is 2.60. The number of hydrogen-bond acceptors (Lipinski definition) is 5. The monoisotopic (exact) mass is 346 g/mol. The molecule has 5 heteroatoms. The Morgan fingerprint density at radius 3 is 2.64 bits per heavy atom. The standard InChI is InChI=1S/C20H26O5/c1-12(21)25-11-19(2)8-5-9-20(3)16(19)7-6-13-14(22)10-15(24-4)18(23)17(13)20/h10,16H,5-9,11H2,1-4H3/t16-,19-,20-/m1/s1. The van der Waals surface area contributed by atoms with Crippen LogP contribution in [0, 0.1) is 16.7 Å². The Morgan fingerprint density at radius 2 is 2.00 bits per heavy atom. The number of methoxy groups -OCH3 is 1. The zero-order valence-electron chi connectivity index (χ0n) is 15.4. The molecule has 0 saturated heterocycles. The maximum Gasteiger partial charge on any atom is 0.302 e. The minimum Gasteiger partial charge on any atom is -0.493 e. The number of hydrogen-bond donors (Lipinski definition) is 0. The highest BCUT2D eigenvalue weighted by Gasteiger charge is 2.56. The fourth-order valence-electron chi connectivity index (χ4n) is 5.33. The summed E-state index contributed by atoms with van der Waals surface area (Å²) in [6, 6.07) is 0. The highest BCUT2D eigenvalue weighted by molar-refractivity contribution is 6.22. The van der Waals surface area contributed by atoms with E-state index in [4.69, 9.17) is 9.47 Å². The number of rotatable bonds is 3. The van der Waals surface area contributed by atoms with Crippen molar-refractivity contribution in [3.8, 4) is 0 Å². The number of esters is 1. The van der Waals surface area contributed by atoms with Gasteiger partial charge in [-0.15, -0.1) is 0 Å². The Balaban J connectivity index is 2.02. The molecule has 0 aromatic heterocycles. The Kier molecular flexibility index (Phi) is 4.38. The molecule has 0 amide bonds. The van der Waals surface area contributed by atoms with Crippen molar-refractivity contribution in [1.29, 1.82) is 0 Å². The molecule has 3 aliphatic rings. The van der Waals surface area contributed by atoms with Gasteiger partial charge in [0.25, 0.3) is 0 Å². The summed E-state index contributed by atoms with van der Waals surface area (Å²) in [5.74, 6) is -0.199. The molecule has 25 heavy (non-hydrogen) atoms. The lowest BCUT2D eigenvalue weighted by Crippen LogP contribution is -2.51. The predicted molar refractivity (Wildman–Crippen MR) is 91.6 cm³/mol. The topological polar surface area (TPSA) is 69.7 Å². The van der Waals surface area contributed by atoms with Crippen LogP contribution < -0.4 is 0 Å². The van der Waals surface area contributed by atoms with Crippen molar-refractivity contribution in [1.82, 2.24) is 0 Å². The van der Waals surface area contributed by atoms with Gasteiger partial charge in [0.1, 0.15) is 0 Å². The molecule has 1 saturated carbocycles. The zero-order chi connectivity index (χ0) is 18.4. The summed E-state index contributed by atoms with van der Waals surface area (Å²) in [7, 11) is 1.43. The second kappa shape index (κ2) is 6.11. The normalized spacial score (nSPS) is 34.9. The lowest BCUT2D eigenvalue weighted by atomic mass is 9.48. The second-order valence-corrected chi connectivity index (χ2v) is 8.06. The highest BCUT2D eigenvalue weighted by atomic mass is 16.5. The number of ketones is 2. The molecule has 0 heterocycles. The van der Waals surface area contributed by atoms with E-state index in [-0.39, 0.29) is 40.0 Å². The van der Waals surface area contributed by atoms with Crippen molar-refractivity contribution in [3.05, 3.63) is 23.0 Å². The molecule has 0 N–H and O–H groups in total. The molecule has 0 aromatic rings. The molecule has 0 aromatic carbocycles. The van der Waals surface area contributed by atoms with Gasteiger partial charge in [-0.1, -0.05) is 20.3 Å². The summed E-state index contributed by atoms with van der Waals surface area (Å²) in [4.78, 5) is 36.8. The van der Waals surface area contributed by atoms with Crippen LogP contribution in [0.15, 0.2) is 23.0 Å². The number of carbonyl (C=O) groups excluding carboxylic acids is 3. The van der Waals surface area contributed by atoms with Crippen LogP contribution in [0.2, 0.25) is 0 Å². The van der Waals surface area contributed by atoms with Crippen LogP contribution in [-0.2, 0) is 23.9 Å². The van der Waals surface area contributed by atoms with Gasteiger partial charge in [-0.2, -0.15) is 0 Å². The molecule has 5 nitrogen and oxygen atoms in total. The van der Waals surface area contributed by atoms with E-state index in [1.54, 1.807) is 0 Å². The van der Waals surface area contributed by atoms with Crippen molar-refractivity contribution in [2.75, 3.05) is 13.7 Å². The third-order valence-corrected chi connectivity index (χ3v) is 6.45. The largest absolute Gasteiger partial charge is 0.493 e. The van der Waals surface area contributed by atoms with Gasteiger partial charge in [-0.25, -0.2) is 0 Å². The third kappa shape index (κ3) is 2.74. The van der Waals surface area contributed by atoms with E-state index in [1.807, 2.05) is 0 Å². The molecule has 0 radical (unpaired) electrons. The van der Waals surface area contributed by atoms with E-state index in [9.17, 15) is 14.4 Å². The molecule has 0 spiro atoms. The summed E-state index contributed by atoms with van der Waals surface area (Å²) < 4.78 is 10.5. The van der Waals surface area contributed by atoms with Crippen LogP contribution in [0.25, 0.3) is 0 Å². The average molecular weight is 346 g/mol. The molecule has 3 atom stereocenters. The van der Waals surface area contributed by atoms with Gasteiger partial charge in [0.15, 0.2) is 11.5 Å². The molecule has 3 aliphatic carbocycles. The summed E-state index contributed by atoms with van der Waals surface area (Å²) in [6.07, 6.45) is 5.52. The summed E-state index contributed by atoms with van der Waals surface area (Å²) in [6.45, 7) is 6.03. The van der Waals surface area contributed by atoms with Crippen molar-refractivity contribution >= 4 is 17.5 Å². The van der Waals surface area contributed by atoms with E-state index >= 15 is 0 Å². The molecular formula is C20H26O5. The quantitative estimate of drug-likeness (QED) is 0.580. The Hall–Kier alpha value is -1.91. The van der Waals surface area contributed by atoms with Gasteiger partial charge in [-0.05, 0) is 31.6 Å². The molecule has 0 bridgehead atoms. The molecule has 3 rings (SSSR count). The smallest absolute Gasteiger partial charge is 0.302 e. The van der Waals surface area contributed by atoms with Gasteiger partial charge < -0.3 is 9.47 Å². The van der Waals surface area contributed by atoms with E-state index in [0.29, 0.717) is 24.2 Å². The van der Waals surface area contributed by atoms with Crippen LogP contribution in [0.3, 0.4) is 0 Å². The first-order valence-electron chi connectivity index (χ1n) is 8.94. The van der Waals surface area contributed by atoms with Crippen molar-refractivity contribution < 1.29 is 23.9 Å². The first kappa shape index (κ1) is 17.9. The van der Waals surface area contributed by atoms with Gasteiger partial charge in [0.05, 0.1) is 13.7 Å². The minimum absolute atomic E-state index is 0.0987. The summed E-state index contributed by atoms with van der Waals surface area (Å²) in [5, 5.41) is 0. The maximum atomic E-state index is 13.0. The first-order chi connectivity index (χ1) is 11.7. The molecule has 1 fully saturated rings. The zero-order valence-corrected chi connectivity index (χ0v) is 15.4.